The second kappa shape index (κ2) is 11.1. The lowest BCUT2D eigenvalue weighted by atomic mass is 9.87. The number of alkyl halides is 1. The molecule has 34 heavy (non-hydrogen) atoms. The van der Waals surface area contributed by atoms with E-state index >= 15 is 0 Å². The molecule has 1 saturated carbocycles. The fourth-order valence-electron chi connectivity index (χ4n) is 4.60. The normalized spacial score (nSPS) is 22.5. The number of benzene rings is 2. The fourth-order valence-corrected chi connectivity index (χ4v) is 4.76. The summed E-state index contributed by atoms with van der Waals surface area (Å²) in [7, 11) is 0. The number of carbonyl (C=O) groups is 2. The molecule has 2 atom stereocenters. The second-order valence-electron chi connectivity index (χ2n) is 9.10. The average molecular weight is 489 g/mol. The molecule has 0 saturated heterocycles. The Morgan fingerprint density at radius 1 is 1.09 bits per heavy atom. The number of hydrogen-bond donors (Lipinski definition) is 1. The van der Waals surface area contributed by atoms with Gasteiger partial charge in [0.2, 0.25) is 11.8 Å². The number of carbonyl (C=O) groups excluding carboxylic acids is 2. The Balaban J connectivity index is 1.58. The summed E-state index contributed by atoms with van der Waals surface area (Å²) in [6.07, 6.45) is 3.38. The van der Waals surface area contributed by atoms with Crippen LogP contribution in [0.15, 0.2) is 48.5 Å². The zero-order valence-electron chi connectivity index (χ0n) is 19.2. The van der Waals surface area contributed by atoms with Crippen molar-refractivity contribution in [3.63, 3.8) is 0 Å². The van der Waals surface area contributed by atoms with Gasteiger partial charge in [-0.15, -0.1) is 11.6 Å². The lowest BCUT2D eigenvalue weighted by Crippen LogP contribution is -2.51. The monoisotopic (exact) mass is 488 g/mol. The maximum absolute atomic E-state index is 13.7. The standard InChI is InChI=1S/C26H30ClFN2O4/c1-17-6-12-20(13-7-17)29-26(32)25(18-8-10-19(28)11-9-18)30(24(31)14-27)15-21-16-33-22-4-2-3-5-23(22)34-21/h2-5,8-11,17,20-21,25H,6-7,12-16H2,1H3,(H,29,32)/t17?,20?,21-,25+/m0/s1. The summed E-state index contributed by atoms with van der Waals surface area (Å²) in [5.41, 5.74) is 0.513. The summed E-state index contributed by atoms with van der Waals surface area (Å²) >= 11 is 5.96. The van der Waals surface area contributed by atoms with Gasteiger partial charge in [-0.05, 0) is 61.4 Å². The van der Waals surface area contributed by atoms with Crippen molar-refractivity contribution in [2.24, 2.45) is 5.92 Å². The van der Waals surface area contributed by atoms with Crippen LogP contribution in [0.5, 0.6) is 11.5 Å². The van der Waals surface area contributed by atoms with Gasteiger partial charge >= 0.3 is 0 Å². The first-order chi connectivity index (χ1) is 16.4. The van der Waals surface area contributed by atoms with Crippen LogP contribution in [0, 0.1) is 11.7 Å². The van der Waals surface area contributed by atoms with E-state index in [1.807, 2.05) is 18.2 Å². The van der Waals surface area contributed by atoms with Crippen LogP contribution < -0.4 is 14.8 Å². The molecule has 0 radical (unpaired) electrons. The molecule has 1 aliphatic carbocycles. The Hall–Kier alpha value is -2.80. The van der Waals surface area contributed by atoms with Crippen LogP contribution in [0.3, 0.4) is 0 Å². The van der Waals surface area contributed by atoms with Gasteiger partial charge in [0.05, 0.1) is 6.54 Å². The number of fused-ring (bicyclic) bond motifs is 1. The predicted octanol–water partition coefficient (Wildman–Crippen LogP) is 4.47. The molecule has 2 amide bonds. The number of halogens is 2. The summed E-state index contributed by atoms with van der Waals surface area (Å²) in [5, 5.41) is 3.12. The van der Waals surface area contributed by atoms with Gasteiger partial charge in [0.1, 0.15) is 24.3 Å². The van der Waals surface area contributed by atoms with Gasteiger partial charge in [-0.25, -0.2) is 4.39 Å². The second-order valence-corrected chi connectivity index (χ2v) is 9.36. The number of nitrogens with zero attached hydrogens (tertiary/aromatic N) is 1. The minimum absolute atomic E-state index is 0.0424. The summed E-state index contributed by atoms with van der Waals surface area (Å²) in [5.74, 6) is 0.426. The lowest BCUT2D eigenvalue weighted by Gasteiger charge is -2.36. The lowest BCUT2D eigenvalue weighted by molar-refractivity contribution is -0.141. The van der Waals surface area contributed by atoms with Crippen molar-refractivity contribution in [3.8, 4) is 11.5 Å². The van der Waals surface area contributed by atoms with Crippen LogP contribution in [0.25, 0.3) is 0 Å². The predicted molar refractivity (Wildman–Crippen MR) is 127 cm³/mol. The van der Waals surface area contributed by atoms with Gasteiger partial charge < -0.3 is 19.7 Å². The van der Waals surface area contributed by atoms with E-state index in [1.165, 1.54) is 29.2 Å². The molecular formula is C26H30ClFN2O4. The number of hydrogen-bond acceptors (Lipinski definition) is 4. The highest BCUT2D eigenvalue weighted by atomic mass is 35.5. The van der Waals surface area contributed by atoms with Gasteiger partial charge in [-0.1, -0.05) is 31.2 Å². The molecule has 0 unspecified atom stereocenters. The summed E-state index contributed by atoms with van der Waals surface area (Å²) in [6.45, 7) is 2.53. The first-order valence-corrected chi connectivity index (χ1v) is 12.3. The number of nitrogens with one attached hydrogen (secondary N) is 1. The molecule has 1 aliphatic heterocycles. The maximum atomic E-state index is 13.7. The summed E-state index contributed by atoms with van der Waals surface area (Å²) in [4.78, 5) is 28.0. The molecule has 1 N–H and O–H groups in total. The third-order valence-electron chi connectivity index (χ3n) is 6.51. The third kappa shape index (κ3) is 5.81. The van der Waals surface area contributed by atoms with Crippen molar-refractivity contribution in [1.29, 1.82) is 0 Å². The van der Waals surface area contributed by atoms with Crippen molar-refractivity contribution in [2.75, 3.05) is 19.0 Å². The van der Waals surface area contributed by atoms with Gasteiger partial charge in [0, 0.05) is 6.04 Å². The van der Waals surface area contributed by atoms with Gasteiger partial charge in [-0.3, -0.25) is 9.59 Å². The number of amides is 2. The van der Waals surface area contributed by atoms with Gasteiger partial charge in [0.25, 0.3) is 0 Å². The van der Waals surface area contributed by atoms with E-state index in [2.05, 4.69) is 12.2 Å². The van der Waals surface area contributed by atoms with Crippen LogP contribution in [0.1, 0.15) is 44.2 Å². The van der Waals surface area contributed by atoms with Crippen LogP contribution in [-0.4, -0.2) is 47.9 Å². The molecule has 8 heteroatoms. The molecule has 182 valence electrons. The maximum Gasteiger partial charge on any atom is 0.247 e. The van der Waals surface area contributed by atoms with E-state index < -0.39 is 23.9 Å². The first kappa shape index (κ1) is 24.3. The van der Waals surface area contributed by atoms with Gasteiger partial charge in [0.15, 0.2) is 17.6 Å². The first-order valence-electron chi connectivity index (χ1n) is 11.7. The van der Waals surface area contributed by atoms with Crippen LogP contribution >= 0.6 is 11.6 Å². The Morgan fingerprint density at radius 2 is 1.76 bits per heavy atom. The number of rotatable bonds is 7. The van der Waals surface area contributed by atoms with Crippen molar-refractivity contribution in [2.45, 2.75) is 50.8 Å². The average Bonchev–Trinajstić information content (AvgIpc) is 2.85. The Labute approximate surface area is 204 Å². The van der Waals surface area contributed by atoms with Crippen molar-refractivity contribution < 1.29 is 23.5 Å². The van der Waals surface area contributed by atoms with E-state index in [9.17, 15) is 14.0 Å². The largest absolute Gasteiger partial charge is 0.486 e. The summed E-state index contributed by atoms with van der Waals surface area (Å²) in [6, 6.07) is 12.0. The molecular weight excluding hydrogens is 459 g/mol. The highest BCUT2D eigenvalue weighted by Gasteiger charge is 2.36. The molecule has 2 aromatic carbocycles. The van der Waals surface area contributed by atoms with Crippen molar-refractivity contribution in [1.82, 2.24) is 10.2 Å². The van der Waals surface area contributed by atoms with E-state index in [-0.39, 0.29) is 31.0 Å². The third-order valence-corrected chi connectivity index (χ3v) is 6.74. The van der Waals surface area contributed by atoms with Gasteiger partial charge in [-0.2, -0.15) is 0 Å². The summed E-state index contributed by atoms with van der Waals surface area (Å²) < 4.78 is 25.5. The number of para-hydroxylation sites is 2. The highest BCUT2D eigenvalue weighted by Crippen LogP contribution is 2.32. The van der Waals surface area contributed by atoms with Crippen LogP contribution in [0.2, 0.25) is 0 Å². The van der Waals surface area contributed by atoms with E-state index in [0.717, 1.165) is 25.7 Å². The molecule has 6 nitrogen and oxygen atoms in total. The van der Waals surface area contributed by atoms with E-state index in [4.69, 9.17) is 21.1 Å². The molecule has 2 aliphatic rings. The fraction of sp³-hybridized carbons (Fsp3) is 0.462. The molecule has 2 aromatic rings. The zero-order chi connectivity index (χ0) is 24.1. The molecule has 0 bridgehead atoms. The smallest absolute Gasteiger partial charge is 0.247 e. The number of ether oxygens (including phenoxy) is 2. The quantitative estimate of drug-likeness (QED) is 0.584. The molecule has 1 fully saturated rings. The van der Waals surface area contributed by atoms with Crippen LogP contribution in [0.4, 0.5) is 4.39 Å². The SMILES string of the molecule is CC1CCC(NC(=O)[C@@H](c2ccc(F)cc2)N(C[C@H]2COc3ccccc3O2)C(=O)CCl)CC1. The minimum atomic E-state index is -0.966. The molecule has 1 heterocycles. The van der Waals surface area contributed by atoms with Crippen molar-refractivity contribution >= 4 is 23.4 Å². The van der Waals surface area contributed by atoms with E-state index in [1.54, 1.807) is 6.07 Å². The Kier molecular flexibility index (Phi) is 7.93. The topological polar surface area (TPSA) is 67.9 Å². The minimum Gasteiger partial charge on any atom is -0.486 e. The highest BCUT2D eigenvalue weighted by molar-refractivity contribution is 6.27. The van der Waals surface area contributed by atoms with Crippen molar-refractivity contribution in [3.05, 3.63) is 59.9 Å². The molecule has 0 aromatic heterocycles. The van der Waals surface area contributed by atoms with Crippen LogP contribution in [-0.2, 0) is 9.59 Å². The zero-order valence-corrected chi connectivity index (χ0v) is 20.0. The molecule has 0 spiro atoms. The Bertz CT molecular complexity index is 995. The van der Waals surface area contributed by atoms with E-state index in [0.29, 0.717) is 23.0 Å². The molecule has 4 rings (SSSR count). The Morgan fingerprint density at radius 3 is 2.44 bits per heavy atom.